The Labute approximate surface area is 251 Å². The summed E-state index contributed by atoms with van der Waals surface area (Å²) in [4.78, 5) is 32.7. The molecule has 1 fully saturated rings. The maximum Gasteiger partial charge on any atom is 0.508 e. The van der Waals surface area contributed by atoms with Gasteiger partial charge in [0.25, 0.3) is 5.56 Å². The quantitative estimate of drug-likeness (QED) is 0.206. The Morgan fingerprint density at radius 1 is 1.15 bits per heavy atom. The average molecular weight is 614 g/mol. The van der Waals surface area contributed by atoms with Gasteiger partial charge in [0.15, 0.2) is 17.5 Å². The number of unbranched alkanes of at least 4 members (excludes halogenated alkanes) is 2. The number of carbonyl (C=O) groups is 1. The van der Waals surface area contributed by atoms with Gasteiger partial charge in [0, 0.05) is 41.7 Å². The van der Waals surface area contributed by atoms with E-state index in [1.807, 2.05) is 6.92 Å². The molecule has 0 amide bonds. The van der Waals surface area contributed by atoms with Crippen LogP contribution >= 0.6 is 24.8 Å². The Balaban J connectivity index is 0.00000231. The molecule has 0 radical (unpaired) electrons. The monoisotopic (exact) mass is 612 g/mol. The van der Waals surface area contributed by atoms with Gasteiger partial charge < -0.3 is 18.9 Å². The highest BCUT2D eigenvalue weighted by molar-refractivity contribution is 5.85. The number of nitrogens with zero attached hydrogens (tertiary/aromatic N) is 4. The SMILES string of the molecule is CCCCCOC(=O)OC1CCCn2c1nc(C)c(CCN1CCC(c3noc4cc(F)ccc34)CC1)c2=O.Cl.Cl. The van der Waals surface area contributed by atoms with Gasteiger partial charge in [-0.2, -0.15) is 0 Å². The molecule has 9 nitrogen and oxygen atoms in total. The fraction of sp³-hybridized carbons (Fsp3) is 0.586. The minimum Gasteiger partial charge on any atom is -0.434 e. The number of hydrogen-bond acceptors (Lipinski definition) is 8. The summed E-state index contributed by atoms with van der Waals surface area (Å²) in [6.45, 7) is 7.39. The lowest BCUT2D eigenvalue weighted by atomic mass is 9.91. The van der Waals surface area contributed by atoms with Crippen LogP contribution in [0.5, 0.6) is 0 Å². The van der Waals surface area contributed by atoms with Crippen molar-refractivity contribution in [3.05, 3.63) is 57.1 Å². The first kappa shape index (κ1) is 32.8. The van der Waals surface area contributed by atoms with E-state index < -0.39 is 12.3 Å². The molecule has 0 spiro atoms. The van der Waals surface area contributed by atoms with Crippen molar-refractivity contribution >= 4 is 41.9 Å². The van der Waals surface area contributed by atoms with Crippen LogP contribution < -0.4 is 5.56 Å². The second kappa shape index (κ2) is 15.0. The van der Waals surface area contributed by atoms with E-state index in [2.05, 4.69) is 17.0 Å². The fourth-order valence-electron chi connectivity index (χ4n) is 5.73. The molecule has 2 aliphatic rings. The van der Waals surface area contributed by atoms with E-state index >= 15 is 0 Å². The van der Waals surface area contributed by atoms with Gasteiger partial charge in [-0.3, -0.25) is 9.36 Å². The van der Waals surface area contributed by atoms with Crippen molar-refractivity contribution in [3.8, 4) is 0 Å². The zero-order valence-corrected chi connectivity index (χ0v) is 25.2. The third-order valence-electron chi connectivity index (χ3n) is 7.96. The lowest BCUT2D eigenvalue weighted by Gasteiger charge is -2.31. The van der Waals surface area contributed by atoms with Gasteiger partial charge in [-0.05, 0) is 70.7 Å². The number of likely N-dealkylation sites (tertiary alicyclic amines) is 1. The highest BCUT2D eigenvalue weighted by atomic mass is 35.5. The van der Waals surface area contributed by atoms with E-state index in [-0.39, 0.29) is 42.1 Å². The van der Waals surface area contributed by atoms with Crippen LogP contribution in [-0.2, 0) is 22.4 Å². The van der Waals surface area contributed by atoms with Crippen LogP contribution in [0.2, 0.25) is 0 Å². The summed E-state index contributed by atoms with van der Waals surface area (Å²) in [5.74, 6) is 0.450. The van der Waals surface area contributed by atoms with Crippen molar-refractivity contribution in [1.82, 2.24) is 19.6 Å². The molecule has 12 heteroatoms. The predicted octanol–water partition coefficient (Wildman–Crippen LogP) is 6.28. The lowest BCUT2D eigenvalue weighted by Crippen LogP contribution is -2.38. The van der Waals surface area contributed by atoms with Crippen molar-refractivity contribution < 1.29 is 23.2 Å². The molecule has 4 heterocycles. The Morgan fingerprint density at radius 2 is 1.93 bits per heavy atom. The lowest BCUT2D eigenvalue weighted by molar-refractivity contribution is 0.00902. The van der Waals surface area contributed by atoms with Crippen molar-refractivity contribution in [3.63, 3.8) is 0 Å². The zero-order valence-electron chi connectivity index (χ0n) is 23.6. The van der Waals surface area contributed by atoms with Gasteiger partial charge in [-0.15, -0.1) is 24.8 Å². The molecule has 41 heavy (non-hydrogen) atoms. The van der Waals surface area contributed by atoms with E-state index in [1.54, 1.807) is 10.6 Å². The fourth-order valence-corrected chi connectivity index (χ4v) is 5.73. The number of ether oxygens (including phenoxy) is 2. The number of aromatic nitrogens is 3. The van der Waals surface area contributed by atoms with Crippen LogP contribution in [0.4, 0.5) is 9.18 Å². The smallest absolute Gasteiger partial charge is 0.434 e. The molecule has 0 aliphatic carbocycles. The first-order chi connectivity index (χ1) is 18.9. The maximum atomic E-state index is 13.5. The number of fused-ring (bicyclic) bond motifs is 2. The first-order valence-corrected chi connectivity index (χ1v) is 14.2. The Kier molecular flexibility index (Phi) is 12.0. The van der Waals surface area contributed by atoms with Gasteiger partial charge in [0.2, 0.25) is 0 Å². The second-order valence-electron chi connectivity index (χ2n) is 10.6. The molecule has 226 valence electrons. The second-order valence-corrected chi connectivity index (χ2v) is 10.6. The van der Waals surface area contributed by atoms with Crippen LogP contribution in [-0.4, -0.2) is 52.0 Å². The molecular weight excluding hydrogens is 574 g/mol. The number of piperidine rings is 1. The third kappa shape index (κ3) is 7.59. The van der Waals surface area contributed by atoms with Crippen molar-refractivity contribution in [1.29, 1.82) is 0 Å². The molecule has 0 N–H and O–H groups in total. The molecule has 3 aromatic rings. The largest absolute Gasteiger partial charge is 0.508 e. The molecule has 1 unspecified atom stereocenters. The standard InChI is InChI=1S/C29H37FN4O5.2ClH/c1-3-4-5-17-37-29(36)38-24-7-6-13-34-27(24)31-19(2)22(28(34)35)12-16-33-14-10-20(11-15-33)26-23-9-8-21(30)18-25(23)39-32-26;;/h8-9,18,20,24H,3-7,10-17H2,1-2H3;2*1H. The van der Waals surface area contributed by atoms with E-state index in [0.717, 1.165) is 69.2 Å². The van der Waals surface area contributed by atoms with Crippen molar-refractivity contribution in [2.24, 2.45) is 0 Å². The Hall–Kier alpha value is -2.69. The topological polar surface area (TPSA) is 99.7 Å². The van der Waals surface area contributed by atoms with Crippen molar-refractivity contribution in [2.75, 3.05) is 26.2 Å². The highest BCUT2D eigenvalue weighted by Crippen LogP contribution is 2.33. The molecule has 1 aromatic carbocycles. The summed E-state index contributed by atoms with van der Waals surface area (Å²) in [6.07, 6.45) is 5.41. The summed E-state index contributed by atoms with van der Waals surface area (Å²) < 4.78 is 31.3. The minimum atomic E-state index is -0.699. The third-order valence-corrected chi connectivity index (χ3v) is 7.96. The van der Waals surface area contributed by atoms with Crippen LogP contribution in [0, 0.1) is 12.7 Å². The molecular formula is C29H39Cl2FN4O5. The number of aryl methyl sites for hydroxylation is 1. The molecule has 5 rings (SSSR count). The molecule has 0 saturated carbocycles. The zero-order chi connectivity index (χ0) is 27.4. The van der Waals surface area contributed by atoms with E-state index in [1.165, 1.54) is 12.1 Å². The number of hydrogen-bond donors (Lipinski definition) is 0. The normalized spacial score (nSPS) is 17.4. The highest BCUT2D eigenvalue weighted by Gasteiger charge is 2.29. The number of halogens is 3. The first-order valence-electron chi connectivity index (χ1n) is 14.2. The van der Waals surface area contributed by atoms with Crippen LogP contribution in [0.15, 0.2) is 27.5 Å². The van der Waals surface area contributed by atoms with E-state index in [0.29, 0.717) is 48.7 Å². The summed E-state index contributed by atoms with van der Waals surface area (Å²) >= 11 is 0. The number of rotatable bonds is 9. The average Bonchev–Trinajstić information content (AvgIpc) is 3.35. The van der Waals surface area contributed by atoms with E-state index in [4.69, 9.17) is 19.0 Å². The number of benzene rings is 1. The summed E-state index contributed by atoms with van der Waals surface area (Å²) in [6, 6.07) is 4.57. The molecule has 0 bridgehead atoms. The summed E-state index contributed by atoms with van der Waals surface area (Å²) in [5.41, 5.74) is 2.75. The Bertz CT molecular complexity index is 1370. The van der Waals surface area contributed by atoms with Gasteiger partial charge in [0.1, 0.15) is 5.82 Å². The molecule has 2 aromatic heterocycles. The number of carbonyl (C=O) groups excluding carboxylic acids is 1. The van der Waals surface area contributed by atoms with Gasteiger partial charge >= 0.3 is 6.16 Å². The Morgan fingerprint density at radius 3 is 2.68 bits per heavy atom. The van der Waals surface area contributed by atoms with Crippen LogP contribution in [0.3, 0.4) is 0 Å². The van der Waals surface area contributed by atoms with Crippen molar-refractivity contribution in [2.45, 2.75) is 83.8 Å². The molecule has 2 aliphatic heterocycles. The van der Waals surface area contributed by atoms with Gasteiger partial charge in [-0.1, -0.05) is 24.9 Å². The maximum absolute atomic E-state index is 13.5. The van der Waals surface area contributed by atoms with Crippen LogP contribution in [0.1, 0.15) is 86.7 Å². The molecule has 1 saturated heterocycles. The van der Waals surface area contributed by atoms with E-state index in [9.17, 15) is 14.0 Å². The van der Waals surface area contributed by atoms with Gasteiger partial charge in [-0.25, -0.2) is 14.2 Å². The summed E-state index contributed by atoms with van der Waals surface area (Å²) in [5, 5.41) is 5.12. The minimum absolute atomic E-state index is 0. The predicted molar refractivity (Wildman–Crippen MR) is 158 cm³/mol. The van der Waals surface area contributed by atoms with Gasteiger partial charge in [0.05, 0.1) is 12.3 Å². The molecule has 1 atom stereocenters. The summed E-state index contributed by atoms with van der Waals surface area (Å²) in [7, 11) is 0. The van der Waals surface area contributed by atoms with Crippen LogP contribution in [0.25, 0.3) is 11.0 Å².